The fourth-order valence-corrected chi connectivity index (χ4v) is 2.01. The van der Waals surface area contributed by atoms with E-state index in [0.717, 1.165) is 0 Å². The molecule has 1 rings (SSSR count). The predicted molar refractivity (Wildman–Crippen MR) is 73.9 cm³/mol. The summed E-state index contributed by atoms with van der Waals surface area (Å²) in [6.07, 6.45) is 0.109. The molecule has 0 unspecified atom stereocenters. The van der Waals surface area contributed by atoms with Gasteiger partial charge in [0, 0.05) is 25.7 Å². The van der Waals surface area contributed by atoms with E-state index in [1.807, 2.05) is 13.8 Å². The van der Waals surface area contributed by atoms with Gasteiger partial charge in [0.2, 0.25) is 0 Å². The maximum absolute atomic E-state index is 11.9. The summed E-state index contributed by atoms with van der Waals surface area (Å²) in [4.78, 5) is 38.4. The monoisotopic (exact) mass is 284 g/mol. The zero-order valence-corrected chi connectivity index (χ0v) is 12.9. The number of ether oxygens (including phenoxy) is 1. The quantitative estimate of drug-likeness (QED) is 0.565. The maximum Gasteiger partial charge on any atom is 0.312 e. The molecule has 20 heavy (non-hydrogen) atoms. The van der Waals surface area contributed by atoms with E-state index in [-0.39, 0.29) is 25.0 Å². The molecule has 0 atom stereocenters. The van der Waals surface area contributed by atoms with Crippen LogP contribution in [-0.4, -0.2) is 58.9 Å². The highest BCUT2D eigenvalue weighted by Gasteiger charge is 2.33. The van der Waals surface area contributed by atoms with Crippen molar-refractivity contribution in [3.8, 4) is 0 Å². The van der Waals surface area contributed by atoms with Crippen molar-refractivity contribution in [3.05, 3.63) is 0 Å². The summed E-state index contributed by atoms with van der Waals surface area (Å²) in [5.41, 5.74) is -0.534. The third-order valence-electron chi connectivity index (χ3n) is 2.97. The fraction of sp³-hybridized carbons (Fsp3) is 0.786. The number of amides is 2. The van der Waals surface area contributed by atoms with Gasteiger partial charge in [0.15, 0.2) is 0 Å². The molecule has 6 nitrogen and oxygen atoms in total. The largest absolute Gasteiger partial charge is 0.460 e. The van der Waals surface area contributed by atoms with Crippen molar-refractivity contribution >= 4 is 17.8 Å². The van der Waals surface area contributed by atoms with E-state index in [1.54, 1.807) is 25.7 Å². The lowest BCUT2D eigenvalue weighted by atomic mass is 10.2. The number of esters is 1. The van der Waals surface area contributed by atoms with E-state index >= 15 is 0 Å². The van der Waals surface area contributed by atoms with Crippen LogP contribution < -0.4 is 0 Å². The summed E-state index contributed by atoms with van der Waals surface area (Å²) in [5, 5.41) is 0. The first-order chi connectivity index (χ1) is 9.11. The standard InChI is InChI=1S/C14H24N2O4/c1-10(2)16-9-8-15(12(18)13(16)19)7-6-11(17)20-14(3,4)5/h10H,6-9H2,1-5H3. The van der Waals surface area contributed by atoms with Crippen molar-refractivity contribution < 1.29 is 19.1 Å². The number of nitrogens with zero attached hydrogens (tertiary/aromatic N) is 2. The van der Waals surface area contributed by atoms with Gasteiger partial charge in [-0.05, 0) is 34.6 Å². The van der Waals surface area contributed by atoms with Crippen LogP contribution in [0.15, 0.2) is 0 Å². The van der Waals surface area contributed by atoms with E-state index < -0.39 is 17.4 Å². The van der Waals surface area contributed by atoms with Crippen LogP contribution in [0.3, 0.4) is 0 Å². The van der Waals surface area contributed by atoms with Crippen molar-refractivity contribution in [3.63, 3.8) is 0 Å². The van der Waals surface area contributed by atoms with Gasteiger partial charge in [-0.25, -0.2) is 0 Å². The number of hydrogen-bond donors (Lipinski definition) is 0. The van der Waals surface area contributed by atoms with E-state index in [1.165, 1.54) is 4.90 Å². The summed E-state index contributed by atoms with van der Waals surface area (Å²) in [5.74, 6) is -1.38. The van der Waals surface area contributed by atoms with Crippen LogP contribution >= 0.6 is 0 Å². The van der Waals surface area contributed by atoms with Crippen LogP contribution in [0, 0.1) is 0 Å². The Hall–Kier alpha value is -1.59. The third-order valence-corrected chi connectivity index (χ3v) is 2.97. The minimum atomic E-state index is -0.534. The topological polar surface area (TPSA) is 66.9 Å². The lowest BCUT2D eigenvalue weighted by Gasteiger charge is -2.35. The summed E-state index contributed by atoms with van der Waals surface area (Å²) in [6.45, 7) is 10.3. The van der Waals surface area contributed by atoms with Gasteiger partial charge in [0.25, 0.3) is 0 Å². The van der Waals surface area contributed by atoms with Crippen LogP contribution in [0.4, 0.5) is 0 Å². The lowest BCUT2D eigenvalue weighted by molar-refractivity contribution is -0.160. The second kappa shape index (κ2) is 6.24. The zero-order chi connectivity index (χ0) is 15.5. The molecule has 1 aliphatic heterocycles. The average Bonchev–Trinajstić information content (AvgIpc) is 2.28. The van der Waals surface area contributed by atoms with E-state index in [2.05, 4.69) is 0 Å². The predicted octanol–water partition coefficient (Wildman–Crippen LogP) is 0.797. The highest BCUT2D eigenvalue weighted by atomic mass is 16.6. The molecule has 0 spiro atoms. The van der Waals surface area contributed by atoms with Crippen molar-refractivity contribution in [1.29, 1.82) is 0 Å². The Balaban J connectivity index is 2.49. The van der Waals surface area contributed by atoms with E-state index in [4.69, 9.17) is 4.74 Å². The van der Waals surface area contributed by atoms with E-state index in [0.29, 0.717) is 13.1 Å². The molecule has 114 valence electrons. The molecular formula is C14H24N2O4. The molecule has 0 aromatic heterocycles. The molecular weight excluding hydrogens is 260 g/mol. The smallest absolute Gasteiger partial charge is 0.312 e. The molecule has 0 radical (unpaired) electrons. The Labute approximate surface area is 120 Å². The van der Waals surface area contributed by atoms with Gasteiger partial charge in [0.1, 0.15) is 5.60 Å². The van der Waals surface area contributed by atoms with E-state index in [9.17, 15) is 14.4 Å². The van der Waals surface area contributed by atoms with Gasteiger partial charge < -0.3 is 14.5 Å². The number of rotatable bonds is 4. The van der Waals surface area contributed by atoms with Crippen molar-refractivity contribution in [2.75, 3.05) is 19.6 Å². The van der Waals surface area contributed by atoms with Gasteiger partial charge in [0.05, 0.1) is 6.42 Å². The Morgan fingerprint density at radius 1 is 1.20 bits per heavy atom. The highest BCUT2D eigenvalue weighted by Crippen LogP contribution is 2.11. The van der Waals surface area contributed by atoms with Crippen molar-refractivity contribution in [1.82, 2.24) is 9.80 Å². The molecule has 0 aromatic carbocycles. The van der Waals surface area contributed by atoms with Crippen LogP contribution in [0.5, 0.6) is 0 Å². The molecule has 0 aliphatic carbocycles. The second-order valence-corrected chi connectivity index (χ2v) is 6.22. The Bertz CT molecular complexity index is 398. The molecule has 1 heterocycles. The fourth-order valence-electron chi connectivity index (χ4n) is 2.01. The number of hydrogen-bond acceptors (Lipinski definition) is 4. The second-order valence-electron chi connectivity index (χ2n) is 6.22. The first kappa shape index (κ1) is 16.5. The van der Waals surface area contributed by atoms with Crippen LogP contribution in [0.25, 0.3) is 0 Å². The molecule has 1 saturated heterocycles. The van der Waals surface area contributed by atoms with Crippen LogP contribution in [0.1, 0.15) is 41.0 Å². The first-order valence-corrected chi connectivity index (χ1v) is 6.93. The van der Waals surface area contributed by atoms with Gasteiger partial charge in [-0.1, -0.05) is 0 Å². The van der Waals surface area contributed by atoms with Gasteiger partial charge in [-0.3, -0.25) is 14.4 Å². The Morgan fingerprint density at radius 2 is 1.80 bits per heavy atom. The summed E-state index contributed by atoms with van der Waals surface area (Å²) in [6, 6.07) is 0.0134. The van der Waals surface area contributed by atoms with Crippen LogP contribution in [0.2, 0.25) is 0 Å². The van der Waals surface area contributed by atoms with Crippen molar-refractivity contribution in [2.45, 2.75) is 52.7 Å². The Morgan fingerprint density at radius 3 is 2.30 bits per heavy atom. The minimum Gasteiger partial charge on any atom is -0.460 e. The van der Waals surface area contributed by atoms with Crippen LogP contribution in [-0.2, 0) is 19.1 Å². The molecule has 2 amide bonds. The maximum atomic E-state index is 11.9. The highest BCUT2D eigenvalue weighted by molar-refractivity contribution is 6.35. The van der Waals surface area contributed by atoms with Gasteiger partial charge >= 0.3 is 17.8 Å². The summed E-state index contributed by atoms with van der Waals surface area (Å²) in [7, 11) is 0. The average molecular weight is 284 g/mol. The lowest BCUT2D eigenvalue weighted by Crippen LogP contribution is -2.56. The molecule has 0 saturated carbocycles. The van der Waals surface area contributed by atoms with Crippen molar-refractivity contribution in [2.24, 2.45) is 0 Å². The molecule has 6 heteroatoms. The normalized spacial score (nSPS) is 16.9. The Kier molecular flexibility index (Phi) is 5.14. The molecule has 0 bridgehead atoms. The van der Waals surface area contributed by atoms with Gasteiger partial charge in [-0.2, -0.15) is 0 Å². The molecule has 1 fully saturated rings. The third kappa shape index (κ3) is 4.51. The summed E-state index contributed by atoms with van der Waals surface area (Å²) < 4.78 is 5.18. The molecule has 1 aliphatic rings. The molecule has 0 aromatic rings. The number of carbonyl (C=O) groups excluding carboxylic acids is 3. The summed E-state index contributed by atoms with van der Waals surface area (Å²) >= 11 is 0. The molecule has 0 N–H and O–H groups in total. The minimum absolute atomic E-state index is 0.0134. The number of piperazine rings is 1. The number of carbonyl (C=O) groups is 3. The van der Waals surface area contributed by atoms with Gasteiger partial charge in [-0.15, -0.1) is 0 Å². The SMILES string of the molecule is CC(C)N1CCN(CCC(=O)OC(C)(C)C)C(=O)C1=O. The first-order valence-electron chi connectivity index (χ1n) is 6.93. The zero-order valence-electron chi connectivity index (χ0n) is 12.9.